The second-order valence-electron chi connectivity index (χ2n) is 7.17. The number of anilines is 1. The molecule has 29 heavy (non-hydrogen) atoms. The summed E-state index contributed by atoms with van der Waals surface area (Å²) in [5, 5.41) is 0. The van der Waals surface area contributed by atoms with Crippen LogP contribution in [0.1, 0.15) is 33.7 Å². The molecule has 9 heteroatoms. The molecule has 0 aliphatic carbocycles. The molecule has 1 fully saturated rings. The van der Waals surface area contributed by atoms with Gasteiger partial charge in [-0.2, -0.15) is 13.2 Å². The summed E-state index contributed by atoms with van der Waals surface area (Å²) in [4.78, 5) is 22.0. The smallest absolute Gasteiger partial charge is 0.370 e. The number of pyridine rings is 2. The second kappa shape index (κ2) is 6.96. The lowest BCUT2D eigenvalue weighted by molar-refractivity contribution is -0.141. The van der Waals surface area contributed by atoms with Crippen LogP contribution in [0.2, 0.25) is 0 Å². The molecule has 2 aliphatic rings. The van der Waals surface area contributed by atoms with Crippen LogP contribution in [0.5, 0.6) is 0 Å². The lowest BCUT2D eigenvalue weighted by atomic mass is 9.93. The highest BCUT2D eigenvalue weighted by atomic mass is 19.4. The highest BCUT2D eigenvalue weighted by molar-refractivity contribution is 5.82. The lowest BCUT2D eigenvalue weighted by Crippen LogP contribution is -2.54. The number of hydrogen-bond donors (Lipinski definition) is 0. The third-order valence-corrected chi connectivity index (χ3v) is 4.97. The number of carbonyl (C=O) groups excluding carboxylic acids is 1. The van der Waals surface area contributed by atoms with Crippen molar-refractivity contribution in [3.8, 4) is 0 Å². The van der Waals surface area contributed by atoms with Crippen LogP contribution < -0.4 is 4.90 Å². The van der Waals surface area contributed by atoms with Crippen molar-refractivity contribution in [2.24, 2.45) is 5.92 Å². The largest absolute Gasteiger partial charge is 0.433 e. The summed E-state index contributed by atoms with van der Waals surface area (Å²) in [6.07, 6.45) is -5.89. The van der Waals surface area contributed by atoms with Crippen LogP contribution in [0, 0.1) is 19.8 Å². The molecule has 2 aromatic rings. The van der Waals surface area contributed by atoms with Crippen molar-refractivity contribution < 1.29 is 27.8 Å². The van der Waals surface area contributed by atoms with E-state index in [1.807, 2.05) is 0 Å². The number of aromatic nitrogens is 2. The Morgan fingerprint density at radius 1 is 1.28 bits per heavy atom. The van der Waals surface area contributed by atoms with Crippen LogP contribution >= 0.6 is 0 Å². The van der Waals surface area contributed by atoms with E-state index in [-0.39, 0.29) is 34.9 Å². The Morgan fingerprint density at radius 2 is 2.00 bits per heavy atom. The molecule has 1 amide bonds. The van der Waals surface area contributed by atoms with Crippen molar-refractivity contribution in [2.75, 3.05) is 18.0 Å². The van der Waals surface area contributed by atoms with E-state index < -0.39 is 42.9 Å². The van der Waals surface area contributed by atoms with Crippen molar-refractivity contribution in [3.05, 3.63) is 52.6 Å². The van der Waals surface area contributed by atoms with Gasteiger partial charge in [-0.1, -0.05) is 0 Å². The van der Waals surface area contributed by atoms with E-state index in [4.69, 9.17) is 5.48 Å². The Balaban J connectivity index is 1.54. The summed E-state index contributed by atoms with van der Waals surface area (Å²) in [5.74, 6) is -2.30. The Morgan fingerprint density at radius 3 is 2.69 bits per heavy atom. The average molecular weight is 412 g/mol. The molecule has 0 radical (unpaired) electrons. The van der Waals surface area contributed by atoms with Gasteiger partial charge < -0.3 is 9.80 Å². The van der Waals surface area contributed by atoms with Gasteiger partial charge >= 0.3 is 6.18 Å². The van der Waals surface area contributed by atoms with Crippen LogP contribution in [0.4, 0.5) is 23.2 Å². The van der Waals surface area contributed by atoms with E-state index in [0.29, 0.717) is 11.3 Å². The van der Waals surface area contributed by atoms with Gasteiger partial charge in [-0.25, -0.2) is 4.39 Å². The Labute approximate surface area is 171 Å². The minimum Gasteiger partial charge on any atom is -0.370 e. The van der Waals surface area contributed by atoms with E-state index >= 15 is 4.39 Å². The first-order valence-electron chi connectivity index (χ1n) is 10.9. The molecule has 0 aromatic carbocycles. The highest BCUT2D eigenvalue weighted by Gasteiger charge is 2.42. The predicted molar refractivity (Wildman–Crippen MR) is 97.8 cm³/mol. The van der Waals surface area contributed by atoms with Crippen molar-refractivity contribution in [3.63, 3.8) is 0 Å². The second-order valence-corrected chi connectivity index (χ2v) is 7.17. The molecule has 0 N–H and O–H groups in total. The van der Waals surface area contributed by atoms with Crippen molar-refractivity contribution in [1.29, 1.82) is 0 Å². The quantitative estimate of drug-likeness (QED) is 0.725. The van der Waals surface area contributed by atoms with Gasteiger partial charge in [0.25, 0.3) is 5.91 Å². The summed E-state index contributed by atoms with van der Waals surface area (Å²) >= 11 is 0. The number of alkyl halides is 4. The van der Waals surface area contributed by atoms with Crippen molar-refractivity contribution in [2.45, 2.75) is 39.2 Å². The van der Waals surface area contributed by atoms with Gasteiger partial charge in [-0.3, -0.25) is 14.8 Å². The van der Waals surface area contributed by atoms with Gasteiger partial charge in [0.2, 0.25) is 0 Å². The molecule has 2 aromatic heterocycles. The summed E-state index contributed by atoms with van der Waals surface area (Å²) in [6, 6.07) is 3.73. The molecule has 0 saturated carbocycles. The fourth-order valence-corrected chi connectivity index (χ4v) is 3.42. The molecule has 5 nitrogen and oxygen atoms in total. The topological polar surface area (TPSA) is 49.3 Å². The number of nitrogens with zero attached hydrogens (tertiary/aromatic N) is 4. The van der Waals surface area contributed by atoms with Crippen LogP contribution in [0.3, 0.4) is 0 Å². The average Bonchev–Trinajstić information content (AvgIpc) is 2.80. The van der Waals surface area contributed by atoms with Crippen LogP contribution in [-0.4, -0.2) is 40.0 Å². The first kappa shape index (κ1) is 15.2. The highest BCUT2D eigenvalue weighted by Crippen LogP contribution is 2.34. The number of carbonyl (C=O) groups is 1. The molecular formula is C20H20F4N4O. The maximum Gasteiger partial charge on any atom is 0.433 e. The molecule has 0 bridgehead atoms. The number of rotatable bonds is 3. The monoisotopic (exact) mass is 412 g/mol. The van der Waals surface area contributed by atoms with Gasteiger partial charge in [0.05, 0.1) is 17.7 Å². The summed E-state index contributed by atoms with van der Waals surface area (Å²) in [7, 11) is 0. The maximum atomic E-state index is 15.2. The minimum absolute atomic E-state index is 0.0859. The zero-order valence-electron chi connectivity index (χ0n) is 19.6. The Hall–Kier alpha value is -2.71. The van der Waals surface area contributed by atoms with E-state index in [2.05, 4.69) is 9.97 Å². The fourth-order valence-electron chi connectivity index (χ4n) is 3.42. The van der Waals surface area contributed by atoms with E-state index in [9.17, 15) is 18.0 Å². The molecule has 1 saturated heterocycles. The maximum absolute atomic E-state index is 15.2. The summed E-state index contributed by atoms with van der Waals surface area (Å²) < 4.78 is 87.3. The first-order valence-corrected chi connectivity index (χ1v) is 8.91. The van der Waals surface area contributed by atoms with Gasteiger partial charge in [-0.05, 0) is 43.2 Å². The zero-order chi connectivity index (χ0) is 24.5. The van der Waals surface area contributed by atoms with E-state index in [1.54, 1.807) is 19.9 Å². The number of aryl methyl sites for hydroxylation is 2. The minimum atomic E-state index is -4.63. The van der Waals surface area contributed by atoms with Gasteiger partial charge in [-0.15, -0.1) is 0 Å². The van der Waals surface area contributed by atoms with Gasteiger partial charge in [0.1, 0.15) is 5.69 Å². The SMILES string of the molecule is [2H]C1([2H])c2nc(C)cc(C)c2C([2H])([2H])N1C(=O)C(F)C1CN(c2ccnc(C(F)(F)F)c2)C1. The molecule has 0 spiro atoms. The lowest BCUT2D eigenvalue weighted by Gasteiger charge is -2.42. The molecule has 1 atom stereocenters. The predicted octanol–water partition coefficient (Wildman–Crippen LogP) is 3.43. The van der Waals surface area contributed by atoms with Gasteiger partial charge in [0.15, 0.2) is 6.17 Å². The molecular weight excluding hydrogens is 388 g/mol. The standard InChI is InChI=1S/C20H20F4N4O/c1-11-5-12(2)26-16-10-28(9-15(11)16)19(29)18(21)13-7-27(8-13)14-3-4-25-17(6-14)20(22,23)24/h3-6,13,18H,7-10H2,1-2H3/i9D2,10D2. The zero-order valence-corrected chi connectivity index (χ0v) is 15.6. The molecule has 4 heterocycles. The number of amides is 1. The van der Waals surface area contributed by atoms with Crippen LogP contribution in [0.15, 0.2) is 24.4 Å². The van der Waals surface area contributed by atoms with Gasteiger partial charge in [0, 0.05) is 43.1 Å². The van der Waals surface area contributed by atoms with E-state index in [1.165, 1.54) is 11.0 Å². The third kappa shape index (κ3) is 3.65. The molecule has 2 aliphatic heterocycles. The summed E-state index contributed by atoms with van der Waals surface area (Å²) in [6.45, 7) is -2.30. The fraction of sp³-hybridized carbons (Fsp3) is 0.450. The summed E-state index contributed by atoms with van der Waals surface area (Å²) in [5.41, 5.74) is -0.469. The third-order valence-electron chi connectivity index (χ3n) is 4.97. The van der Waals surface area contributed by atoms with Crippen molar-refractivity contribution >= 4 is 11.6 Å². The molecule has 4 rings (SSSR count). The Bertz CT molecular complexity index is 1120. The molecule has 1 unspecified atom stereocenters. The first-order chi connectivity index (χ1) is 15.2. The van der Waals surface area contributed by atoms with E-state index in [0.717, 1.165) is 12.3 Å². The number of halogens is 4. The number of hydrogen-bond acceptors (Lipinski definition) is 4. The Kier molecular flexibility index (Phi) is 3.64. The normalized spacial score (nSPS) is 23.4. The van der Waals surface area contributed by atoms with Crippen LogP contribution in [-0.2, 0) is 24.0 Å². The number of fused-ring (bicyclic) bond motifs is 1. The molecule has 154 valence electrons. The van der Waals surface area contributed by atoms with Crippen LogP contribution in [0.25, 0.3) is 0 Å². The van der Waals surface area contributed by atoms with Crippen molar-refractivity contribution in [1.82, 2.24) is 14.9 Å².